The van der Waals surface area contributed by atoms with Crippen LogP contribution in [-0.2, 0) is 19.6 Å². The minimum atomic E-state index is -4.62. The average Bonchev–Trinajstić information content (AvgIpc) is 2.45. The number of carboxylic acid groups (broad SMARTS) is 1. The van der Waals surface area contributed by atoms with Crippen molar-refractivity contribution in [2.45, 2.75) is 4.90 Å². The van der Waals surface area contributed by atoms with E-state index in [-0.39, 0.29) is 56.0 Å². The Bertz CT molecular complexity index is 656. The molecule has 0 atom stereocenters. The number of benzene rings is 1. The number of aliphatic hydroxyl groups excluding tert-OH is 1. The van der Waals surface area contributed by atoms with Gasteiger partial charge in [0.2, 0.25) is 0 Å². The number of hydrogen-bond donors (Lipinski definition) is 2. The Morgan fingerprint density at radius 3 is 2.30 bits per heavy atom. The molecule has 23 heavy (non-hydrogen) atoms. The number of esters is 1. The van der Waals surface area contributed by atoms with Crippen molar-refractivity contribution in [3.05, 3.63) is 29.3 Å². The van der Waals surface area contributed by atoms with Gasteiger partial charge < -0.3 is 24.5 Å². The summed E-state index contributed by atoms with van der Waals surface area (Å²) in [7, 11) is -4.62. The van der Waals surface area contributed by atoms with Gasteiger partial charge in [0.1, 0.15) is 6.61 Å². The molecule has 0 aliphatic heterocycles. The monoisotopic (exact) mass is 356 g/mol. The third-order valence-electron chi connectivity index (χ3n) is 2.43. The van der Waals surface area contributed by atoms with Gasteiger partial charge in [-0.25, -0.2) is 4.79 Å². The third-order valence-corrected chi connectivity index (χ3v) is 3.27. The maximum atomic E-state index is 11.7. The van der Waals surface area contributed by atoms with Crippen LogP contribution < -0.4 is 34.7 Å². The first-order chi connectivity index (χ1) is 10.3. The van der Waals surface area contributed by atoms with Crippen molar-refractivity contribution < 1.29 is 71.8 Å². The molecule has 1 aromatic carbocycles. The van der Waals surface area contributed by atoms with Crippen molar-refractivity contribution in [1.29, 1.82) is 0 Å². The summed E-state index contributed by atoms with van der Waals surface area (Å²) in [6.45, 7) is -0.327. The fourth-order valence-electron chi connectivity index (χ4n) is 1.47. The zero-order valence-electron chi connectivity index (χ0n) is 12.2. The first kappa shape index (κ1) is 22.0. The molecule has 0 bridgehead atoms. The van der Waals surface area contributed by atoms with Crippen LogP contribution in [0, 0.1) is 0 Å². The molecule has 0 spiro atoms. The van der Waals surface area contributed by atoms with Crippen LogP contribution in [-0.4, -0.2) is 56.4 Å². The van der Waals surface area contributed by atoms with Gasteiger partial charge in [-0.15, -0.1) is 0 Å². The summed E-state index contributed by atoms with van der Waals surface area (Å²) >= 11 is 0. The molecule has 1 aromatic rings. The number of carboxylic acids is 1. The largest absolute Gasteiger partial charge is 1.00 e. The van der Waals surface area contributed by atoms with Gasteiger partial charge in [0.25, 0.3) is 10.1 Å². The van der Waals surface area contributed by atoms with E-state index in [1.807, 2.05) is 0 Å². The maximum Gasteiger partial charge on any atom is 1.00 e. The van der Waals surface area contributed by atoms with Crippen molar-refractivity contribution in [3.8, 4) is 0 Å². The zero-order valence-corrected chi connectivity index (χ0v) is 15.0. The van der Waals surface area contributed by atoms with E-state index >= 15 is 0 Å². The van der Waals surface area contributed by atoms with Crippen LogP contribution in [0.3, 0.4) is 0 Å². The van der Waals surface area contributed by atoms with Crippen LogP contribution in [0.1, 0.15) is 20.7 Å². The fourth-order valence-corrected chi connectivity index (χ4v) is 1.98. The molecule has 1 rings (SSSR count). The normalized spacial score (nSPS) is 10.7. The molecule has 0 fully saturated rings. The van der Waals surface area contributed by atoms with Crippen LogP contribution in [0.4, 0.5) is 0 Å². The molecule has 0 radical (unpaired) electrons. The predicted octanol–water partition coefficient (Wildman–Crippen LogP) is -4.53. The standard InChI is InChI=1S/C12H14O9S.Na/c13-3-4-20-5-6-21-12(16)9-2-1-8(22(17,18)19)7-10(9)11(14)15;/h1-2,7,13H,3-6H2,(H,14,15)(H,17,18,19);/q;+1/p-1. The SMILES string of the molecule is O=C([O-])c1cc(S(=O)(=O)O)ccc1C(=O)OCCOCCO.[Na+]. The van der Waals surface area contributed by atoms with Crippen molar-refractivity contribution in [2.24, 2.45) is 0 Å². The van der Waals surface area contributed by atoms with Gasteiger partial charge in [-0.05, 0) is 18.2 Å². The van der Waals surface area contributed by atoms with Crippen LogP contribution >= 0.6 is 0 Å². The van der Waals surface area contributed by atoms with Crippen molar-refractivity contribution in [2.75, 3.05) is 26.4 Å². The zero-order chi connectivity index (χ0) is 16.8. The Balaban J connectivity index is 0.00000484. The summed E-state index contributed by atoms with van der Waals surface area (Å²) in [5.41, 5.74) is -1.15. The van der Waals surface area contributed by atoms with Crippen LogP contribution in [0.5, 0.6) is 0 Å². The summed E-state index contributed by atoms with van der Waals surface area (Å²) in [6, 6.07) is 2.36. The first-order valence-electron chi connectivity index (χ1n) is 5.96. The van der Waals surface area contributed by atoms with E-state index < -0.39 is 38.1 Å². The van der Waals surface area contributed by atoms with E-state index in [4.69, 9.17) is 19.1 Å². The Morgan fingerprint density at radius 1 is 1.13 bits per heavy atom. The number of carbonyl (C=O) groups excluding carboxylic acids is 2. The number of aromatic carboxylic acids is 1. The Kier molecular flexibility index (Phi) is 9.54. The van der Waals surface area contributed by atoms with E-state index in [2.05, 4.69) is 0 Å². The second-order valence-electron chi connectivity index (χ2n) is 3.94. The predicted molar refractivity (Wildman–Crippen MR) is 68.8 cm³/mol. The van der Waals surface area contributed by atoms with Gasteiger partial charge in [-0.1, -0.05) is 0 Å². The Labute approximate surface area is 154 Å². The van der Waals surface area contributed by atoms with Crippen molar-refractivity contribution in [1.82, 2.24) is 0 Å². The number of hydrogen-bond acceptors (Lipinski definition) is 8. The van der Waals surface area contributed by atoms with Crippen LogP contribution in [0.2, 0.25) is 0 Å². The molecule has 11 heteroatoms. The number of ether oxygens (including phenoxy) is 2. The second kappa shape index (κ2) is 9.98. The molecule has 0 amide bonds. The number of rotatable bonds is 8. The molecule has 0 saturated carbocycles. The van der Waals surface area contributed by atoms with E-state index in [0.717, 1.165) is 12.1 Å². The molecular weight excluding hydrogens is 343 g/mol. The fraction of sp³-hybridized carbons (Fsp3) is 0.333. The number of carbonyl (C=O) groups is 2. The van der Waals surface area contributed by atoms with Crippen LogP contribution in [0.15, 0.2) is 23.1 Å². The molecule has 0 aromatic heterocycles. The average molecular weight is 356 g/mol. The van der Waals surface area contributed by atoms with E-state index in [1.165, 1.54) is 0 Å². The van der Waals surface area contributed by atoms with Gasteiger partial charge in [0.15, 0.2) is 0 Å². The molecule has 2 N–H and O–H groups in total. The second-order valence-corrected chi connectivity index (χ2v) is 5.36. The van der Waals surface area contributed by atoms with E-state index in [0.29, 0.717) is 6.07 Å². The summed E-state index contributed by atoms with van der Waals surface area (Å²) in [6.07, 6.45) is 0. The van der Waals surface area contributed by atoms with Gasteiger partial charge in [0.05, 0.1) is 36.2 Å². The smallest absolute Gasteiger partial charge is 0.545 e. The summed E-state index contributed by atoms with van der Waals surface area (Å²) in [5.74, 6) is -2.82. The van der Waals surface area contributed by atoms with Crippen molar-refractivity contribution in [3.63, 3.8) is 0 Å². The van der Waals surface area contributed by atoms with E-state index in [9.17, 15) is 23.1 Å². The van der Waals surface area contributed by atoms with Gasteiger partial charge in [-0.3, -0.25) is 4.55 Å². The van der Waals surface area contributed by atoms with Gasteiger partial charge >= 0.3 is 35.5 Å². The topological polar surface area (TPSA) is 150 Å². The summed E-state index contributed by atoms with van der Waals surface area (Å²) in [5, 5.41) is 19.4. The molecular formula is C12H13NaO9S. The minimum Gasteiger partial charge on any atom is -0.545 e. The maximum absolute atomic E-state index is 11.7. The third kappa shape index (κ3) is 6.96. The molecule has 0 heterocycles. The molecule has 0 aliphatic rings. The molecule has 0 unspecified atom stereocenters. The quantitative estimate of drug-likeness (QED) is 0.203. The molecule has 9 nitrogen and oxygen atoms in total. The number of aliphatic hydroxyl groups is 1. The van der Waals surface area contributed by atoms with Gasteiger partial charge in [-0.2, -0.15) is 8.42 Å². The Morgan fingerprint density at radius 2 is 1.78 bits per heavy atom. The minimum absolute atomic E-state index is 0. The summed E-state index contributed by atoms with van der Waals surface area (Å²) < 4.78 is 40.3. The van der Waals surface area contributed by atoms with Crippen LogP contribution in [0.25, 0.3) is 0 Å². The van der Waals surface area contributed by atoms with Crippen molar-refractivity contribution >= 4 is 22.1 Å². The van der Waals surface area contributed by atoms with E-state index in [1.54, 1.807) is 0 Å². The summed E-state index contributed by atoms with van der Waals surface area (Å²) in [4.78, 5) is 22.0. The first-order valence-corrected chi connectivity index (χ1v) is 7.40. The Hall–Kier alpha value is -1.01. The molecule has 0 saturated heterocycles. The molecule has 122 valence electrons. The van der Waals surface area contributed by atoms with Gasteiger partial charge in [0, 0.05) is 5.56 Å². The molecule has 0 aliphatic carbocycles.